The lowest BCUT2D eigenvalue weighted by Crippen LogP contribution is -2.04. The van der Waals surface area contributed by atoms with Crippen molar-refractivity contribution in [3.63, 3.8) is 0 Å². The van der Waals surface area contributed by atoms with Gasteiger partial charge in [0.1, 0.15) is 0 Å². The van der Waals surface area contributed by atoms with E-state index in [4.69, 9.17) is 4.74 Å². The fraction of sp³-hybridized carbons (Fsp3) is 1.00. The molecule has 0 aromatic carbocycles. The van der Waals surface area contributed by atoms with Gasteiger partial charge in [0, 0.05) is 6.61 Å². The zero-order chi connectivity index (χ0) is 5.82. The third-order valence-electron chi connectivity index (χ3n) is 1.66. The SMILES string of the molecule is C[C@@H]1CCCCCO1. The molecular weight excluding hydrogens is 100 g/mol. The second kappa shape index (κ2) is 3.08. The van der Waals surface area contributed by atoms with Gasteiger partial charge in [0.05, 0.1) is 6.10 Å². The van der Waals surface area contributed by atoms with Gasteiger partial charge in [-0.2, -0.15) is 0 Å². The van der Waals surface area contributed by atoms with E-state index in [1.807, 2.05) is 0 Å². The van der Waals surface area contributed by atoms with Crippen LogP contribution in [0.1, 0.15) is 32.6 Å². The van der Waals surface area contributed by atoms with Crippen molar-refractivity contribution in [1.82, 2.24) is 0 Å². The van der Waals surface area contributed by atoms with Crippen molar-refractivity contribution < 1.29 is 4.74 Å². The molecule has 0 bridgehead atoms. The molecule has 48 valence electrons. The summed E-state index contributed by atoms with van der Waals surface area (Å²) in [7, 11) is 0. The van der Waals surface area contributed by atoms with E-state index >= 15 is 0 Å². The molecule has 1 saturated heterocycles. The van der Waals surface area contributed by atoms with Crippen LogP contribution >= 0.6 is 0 Å². The van der Waals surface area contributed by atoms with Crippen LogP contribution in [0, 0.1) is 0 Å². The lowest BCUT2D eigenvalue weighted by atomic mass is 10.2. The second-order valence-corrected chi connectivity index (χ2v) is 2.53. The standard InChI is InChI=1S/C7H14O/c1-7-5-3-2-4-6-8-7/h7H,2-6H2,1H3/t7-/m1/s1. The first kappa shape index (κ1) is 6.09. The maximum atomic E-state index is 5.40. The minimum atomic E-state index is 0.525. The van der Waals surface area contributed by atoms with E-state index in [0.29, 0.717) is 6.10 Å². The molecule has 1 heterocycles. The summed E-state index contributed by atoms with van der Waals surface area (Å²) >= 11 is 0. The van der Waals surface area contributed by atoms with Gasteiger partial charge in [-0.3, -0.25) is 0 Å². The molecular formula is C7H14O. The van der Waals surface area contributed by atoms with Crippen molar-refractivity contribution in [3.8, 4) is 0 Å². The summed E-state index contributed by atoms with van der Waals surface area (Å²) < 4.78 is 5.40. The Morgan fingerprint density at radius 2 is 2.12 bits per heavy atom. The first-order chi connectivity index (χ1) is 3.89. The third kappa shape index (κ3) is 1.83. The molecule has 0 aromatic heterocycles. The highest BCUT2D eigenvalue weighted by molar-refractivity contribution is 4.55. The van der Waals surface area contributed by atoms with E-state index < -0.39 is 0 Å². The fourth-order valence-corrected chi connectivity index (χ4v) is 1.08. The Labute approximate surface area is 51.0 Å². The summed E-state index contributed by atoms with van der Waals surface area (Å²) in [6.45, 7) is 3.15. The Bertz CT molecular complexity index is 53.4. The van der Waals surface area contributed by atoms with Gasteiger partial charge < -0.3 is 4.74 Å². The molecule has 0 N–H and O–H groups in total. The molecule has 1 atom stereocenters. The highest BCUT2D eigenvalue weighted by atomic mass is 16.5. The third-order valence-corrected chi connectivity index (χ3v) is 1.66. The largest absolute Gasteiger partial charge is 0.379 e. The number of hydrogen-bond acceptors (Lipinski definition) is 1. The molecule has 0 aliphatic carbocycles. The Balaban J connectivity index is 2.17. The highest BCUT2D eigenvalue weighted by Gasteiger charge is 2.04. The Hall–Kier alpha value is -0.0400. The molecule has 1 rings (SSSR count). The number of rotatable bonds is 0. The summed E-state index contributed by atoms with van der Waals surface area (Å²) in [6, 6.07) is 0. The predicted molar refractivity (Wildman–Crippen MR) is 33.9 cm³/mol. The summed E-state index contributed by atoms with van der Waals surface area (Å²) in [5, 5.41) is 0. The maximum absolute atomic E-state index is 5.40. The van der Waals surface area contributed by atoms with Crippen LogP contribution in [0.3, 0.4) is 0 Å². The normalized spacial score (nSPS) is 31.9. The molecule has 0 radical (unpaired) electrons. The Morgan fingerprint density at radius 3 is 3.00 bits per heavy atom. The van der Waals surface area contributed by atoms with Gasteiger partial charge in [0.15, 0.2) is 0 Å². The van der Waals surface area contributed by atoms with Crippen LogP contribution in [-0.4, -0.2) is 12.7 Å². The second-order valence-electron chi connectivity index (χ2n) is 2.53. The zero-order valence-corrected chi connectivity index (χ0v) is 5.52. The summed E-state index contributed by atoms with van der Waals surface area (Å²) in [6.07, 6.45) is 5.79. The topological polar surface area (TPSA) is 9.23 Å². The van der Waals surface area contributed by atoms with E-state index in [1.165, 1.54) is 25.7 Å². The molecule has 1 aliphatic rings. The summed E-state index contributed by atoms with van der Waals surface area (Å²) in [4.78, 5) is 0. The van der Waals surface area contributed by atoms with Crippen LogP contribution in [0.2, 0.25) is 0 Å². The van der Waals surface area contributed by atoms with Gasteiger partial charge in [-0.1, -0.05) is 12.8 Å². The monoisotopic (exact) mass is 114 g/mol. The first-order valence-corrected chi connectivity index (χ1v) is 3.51. The predicted octanol–water partition coefficient (Wildman–Crippen LogP) is 1.97. The van der Waals surface area contributed by atoms with Crippen molar-refractivity contribution in [3.05, 3.63) is 0 Å². The van der Waals surface area contributed by atoms with Crippen LogP contribution in [-0.2, 0) is 4.74 Å². The lowest BCUT2D eigenvalue weighted by Gasteiger charge is -2.05. The molecule has 0 unspecified atom stereocenters. The van der Waals surface area contributed by atoms with Crippen molar-refractivity contribution in [2.75, 3.05) is 6.61 Å². The van der Waals surface area contributed by atoms with Crippen molar-refractivity contribution in [1.29, 1.82) is 0 Å². The van der Waals surface area contributed by atoms with Gasteiger partial charge in [0.25, 0.3) is 0 Å². The van der Waals surface area contributed by atoms with E-state index in [1.54, 1.807) is 0 Å². The molecule has 1 heteroatoms. The zero-order valence-electron chi connectivity index (χ0n) is 5.52. The number of hydrogen-bond donors (Lipinski definition) is 0. The molecule has 1 nitrogen and oxygen atoms in total. The van der Waals surface area contributed by atoms with E-state index in [9.17, 15) is 0 Å². The smallest absolute Gasteiger partial charge is 0.0547 e. The Morgan fingerprint density at radius 1 is 1.25 bits per heavy atom. The van der Waals surface area contributed by atoms with Crippen LogP contribution in [0.15, 0.2) is 0 Å². The van der Waals surface area contributed by atoms with E-state index in [2.05, 4.69) is 6.92 Å². The molecule has 1 fully saturated rings. The highest BCUT2D eigenvalue weighted by Crippen LogP contribution is 2.11. The molecule has 0 spiro atoms. The molecule has 0 amide bonds. The van der Waals surface area contributed by atoms with E-state index in [0.717, 1.165) is 6.61 Å². The molecule has 8 heavy (non-hydrogen) atoms. The molecule has 0 saturated carbocycles. The van der Waals surface area contributed by atoms with Crippen LogP contribution in [0.25, 0.3) is 0 Å². The fourth-order valence-electron chi connectivity index (χ4n) is 1.08. The van der Waals surface area contributed by atoms with Crippen LogP contribution in [0.5, 0.6) is 0 Å². The minimum Gasteiger partial charge on any atom is -0.379 e. The first-order valence-electron chi connectivity index (χ1n) is 3.51. The maximum Gasteiger partial charge on any atom is 0.0547 e. The van der Waals surface area contributed by atoms with Gasteiger partial charge >= 0.3 is 0 Å². The van der Waals surface area contributed by atoms with Crippen LogP contribution in [0.4, 0.5) is 0 Å². The minimum absolute atomic E-state index is 0.525. The molecule has 0 aromatic rings. The molecule has 1 aliphatic heterocycles. The van der Waals surface area contributed by atoms with Crippen molar-refractivity contribution >= 4 is 0 Å². The summed E-state index contributed by atoms with van der Waals surface area (Å²) in [5.74, 6) is 0. The quantitative estimate of drug-likeness (QED) is 0.468. The lowest BCUT2D eigenvalue weighted by molar-refractivity contribution is 0.0722. The van der Waals surface area contributed by atoms with Crippen molar-refractivity contribution in [2.24, 2.45) is 0 Å². The summed E-state index contributed by atoms with van der Waals surface area (Å²) in [5.41, 5.74) is 0. The van der Waals surface area contributed by atoms with E-state index in [-0.39, 0.29) is 0 Å². The Kier molecular flexibility index (Phi) is 2.34. The average Bonchev–Trinajstić information content (AvgIpc) is 1.94. The van der Waals surface area contributed by atoms with Gasteiger partial charge in [0.2, 0.25) is 0 Å². The van der Waals surface area contributed by atoms with Gasteiger partial charge in [-0.25, -0.2) is 0 Å². The van der Waals surface area contributed by atoms with Gasteiger partial charge in [-0.05, 0) is 19.8 Å². The number of ether oxygens (including phenoxy) is 1. The average molecular weight is 114 g/mol. The van der Waals surface area contributed by atoms with Crippen LogP contribution < -0.4 is 0 Å². The van der Waals surface area contributed by atoms with Gasteiger partial charge in [-0.15, -0.1) is 0 Å². The van der Waals surface area contributed by atoms with Crippen molar-refractivity contribution in [2.45, 2.75) is 38.7 Å².